The smallest absolute Gasteiger partial charge is 0.271 e. The van der Waals surface area contributed by atoms with Gasteiger partial charge in [0.2, 0.25) is 0 Å². The van der Waals surface area contributed by atoms with Crippen molar-refractivity contribution in [3.63, 3.8) is 0 Å². The number of carbonyl (C=O) groups excluding carboxylic acids is 1. The zero-order chi connectivity index (χ0) is 11.7. The molecule has 1 N–H and O–H groups in total. The molecule has 0 bridgehead atoms. The molecule has 0 spiro atoms. The van der Waals surface area contributed by atoms with Crippen molar-refractivity contribution in [3.05, 3.63) is 17.7 Å². The SMILES string of the molecule is CNC(=O)c1ncn2c1CCC(C(C)C)C2. The number of nitrogens with zero attached hydrogens (tertiary/aromatic N) is 2. The molecule has 0 aliphatic carbocycles. The van der Waals surface area contributed by atoms with Gasteiger partial charge in [0.1, 0.15) is 5.69 Å². The molecular weight excluding hydrogens is 202 g/mol. The molecule has 1 aromatic heterocycles. The molecule has 0 saturated carbocycles. The number of hydrogen-bond donors (Lipinski definition) is 1. The number of hydrogen-bond acceptors (Lipinski definition) is 2. The van der Waals surface area contributed by atoms with Crippen LogP contribution in [0.3, 0.4) is 0 Å². The Bertz CT molecular complexity index is 395. The summed E-state index contributed by atoms with van der Waals surface area (Å²) in [7, 11) is 1.65. The van der Waals surface area contributed by atoms with Crippen LogP contribution >= 0.6 is 0 Å². The molecule has 4 nitrogen and oxygen atoms in total. The molecule has 1 amide bonds. The van der Waals surface area contributed by atoms with E-state index >= 15 is 0 Å². The fourth-order valence-electron chi connectivity index (χ4n) is 2.35. The highest BCUT2D eigenvalue weighted by Crippen LogP contribution is 2.27. The third kappa shape index (κ3) is 1.84. The molecule has 0 saturated heterocycles. The Morgan fingerprint density at radius 2 is 2.38 bits per heavy atom. The lowest BCUT2D eigenvalue weighted by Crippen LogP contribution is -2.26. The number of imidazole rings is 1. The van der Waals surface area contributed by atoms with Crippen LogP contribution in [0.2, 0.25) is 0 Å². The molecule has 0 radical (unpaired) electrons. The topological polar surface area (TPSA) is 46.9 Å². The lowest BCUT2D eigenvalue weighted by Gasteiger charge is -2.27. The maximum atomic E-state index is 11.6. The summed E-state index contributed by atoms with van der Waals surface area (Å²) in [6.45, 7) is 5.51. The third-order valence-corrected chi connectivity index (χ3v) is 3.51. The highest BCUT2D eigenvalue weighted by atomic mass is 16.1. The van der Waals surface area contributed by atoms with Gasteiger partial charge in [-0.15, -0.1) is 0 Å². The Morgan fingerprint density at radius 1 is 1.62 bits per heavy atom. The first-order valence-electron chi connectivity index (χ1n) is 5.89. The second kappa shape index (κ2) is 4.28. The first-order valence-corrected chi connectivity index (χ1v) is 5.89. The van der Waals surface area contributed by atoms with Crippen molar-refractivity contribution in [2.75, 3.05) is 7.05 Å². The zero-order valence-corrected chi connectivity index (χ0v) is 10.2. The van der Waals surface area contributed by atoms with Gasteiger partial charge in [0.05, 0.1) is 12.0 Å². The zero-order valence-electron chi connectivity index (χ0n) is 10.2. The Balaban J connectivity index is 2.23. The molecule has 1 aliphatic heterocycles. The van der Waals surface area contributed by atoms with Crippen molar-refractivity contribution in [1.82, 2.24) is 14.9 Å². The van der Waals surface area contributed by atoms with Gasteiger partial charge >= 0.3 is 0 Å². The summed E-state index contributed by atoms with van der Waals surface area (Å²) in [5, 5.41) is 2.64. The number of rotatable bonds is 2. The summed E-state index contributed by atoms with van der Waals surface area (Å²) in [6, 6.07) is 0. The maximum absolute atomic E-state index is 11.6. The summed E-state index contributed by atoms with van der Waals surface area (Å²) in [6.07, 6.45) is 3.92. The minimum atomic E-state index is -0.0725. The Kier molecular flexibility index (Phi) is 2.99. The lowest BCUT2D eigenvalue weighted by atomic mass is 9.87. The van der Waals surface area contributed by atoms with Crippen LogP contribution in [0, 0.1) is 11.8 Å². The van der Waals surface area contributed by atoms with Gasteiger partial charge in [0, 0.05) is 13.6 Å². The Hall–Kier alpha value is -1.32. The molecule has 1 atom stereocenters. The normalized spacial score (nSPS) is 19.6. The van der Waals surface area contributed by atoms with Crippen molar-refractivity contribution in [2.24, 2.45) is 11.8 Å². The highest BCUT2D eigenvalue weighted by Gasteiger charge is 2.25. The fourth-order valence-corrected chi connectivity index (χ4v) is 2.35. The molecule has 0 fully saturated rings. The summed E-state index contributed by atoms with van der Waals surface area (Å²) < 4.78 is 2.14. The van der Waals surface area contributed by atoms with Crippen molar-refractivity contribution >= 4 is 5.91 Å². The van der Waals surface area contributed by atoms with Crippen molar-refractivity contribution in [2.45, 2.75) is 33.2 Å². The van der Waals surface area contributed by atoms with Crippen LogP contribution in [0.25, 0.3) is 0 Å². The molecule has 1 unspecified atom stereocenters. The van der Waals surface area contributed by atoms with Gasteiger partial charge in [0.25, 0.3) is 5.91 Å². The van der Waals surface area contributed by atoms with Gasteiger partial charge in [0.15, 0.2) is 0 Å². The lowest BCUT2D eigenvalue weighted by molar-refractivity contribution is 0.0956. The molecule has 1 aliphatic rings. The first kappa shape index (κ1) is 11.2. The van der Waals surface area contributed by atoms with E-state index in [2.05, 4.69) is 28.7 Å². The summed E-state index contributed by atoms with van der Waals surface area (Å²) in [5.41, 5.74) is 1.70. The van der Waals surface area contributed by atoms with Crippen LogP contribution in [0.4, 0.5) is 0 Å². The van der Waals surface area contributed by atoms with Crippen LogP contribution in [0.5, 0.6) is 0 Å². The van der Waals surface area contributed by atoms with E-state index in [4.69, 9.17) is 0 Å². The van der Waals surface area contributed by atoms with Gasteiger partial charge in [-0.1, -0.05) is 13.8 Å². The van der Waals surface area contributed by atoms with Crippen molar-refractivity contribution in [3.8, 4) is 0 Å². The quantitative estimate of drug-likeness (QED) is 0.822. The molecule has 88 valence electrons. The maximum Gasteiger partial charge on any atom is 0.271 e. The van der Waals surface area contributed by atoms with Crippen LogP contribution in [-0.4, -0.2) is 22.5 Å². The number of fused-ring (bicyclic) bond motifs is 1. The Labute approximate surface area is 96.1 Å². The predicted octanol–water partition coefficient (Wildman–Crippen LogP) is 1.46. The average Bonchev–Trinajstić information content (AvgIpc) is 2.70. The second-order valence-electron chi connectivity index (χ2n) is 4.81. The summed E-state index contributed by atoms with van der Waals surface area (Å²) in [4.78, 5) is 15.8. The Morgan fingerprint density at radius 3 is 3.00 bits per heavy atom. The standard InChI is InChI=1S/C12H19N3O/c1-8(2)9-4-5-10-11(12(16)13-3)14-7-15(10)6-9/h7-9H,4-6H2,1-3H3,(H,13,16). The minimum absolute atomic E-state index is 0.0725. The average molecular weight is 221 g/mol. The van der Waals surface area contributed by atoms with Crippen molar-refractivity contribution in [1.29, 1.82) is 0 Å². The van der Waals surface area contributed by atoms with Gasteiger partial charge in [-0.2, -0.15) is 0 Å². The number of carbonyl (C=O) groups is 1. The van der Waals surface area contributed by atoms with E-state index in [0.29, 0.717) is 17.5 Å². The molecule has 16 heavy (non-hydrogen) atoms. The van der Waals surface area contributed by atoms with Crippen LogP contribution < -0.4 is 5.32 Å². The number of amides is 1. The van der Waals surface area contributed by atoms with Gasteiger partial charge < -0.3 is 9.88 Å². The van der Waals surface area contributed by atoms with E-state index in [-0.39, 0.29) is 5.91 Å². The molecule has 2 rings (SSSR count). The summed E-state index contributed by atoms with van der Waals surface area (Å²) >= 11 is 0. The minimum Gasteiger partial charge on any atom is -0.354 e. The number of nitrogens with one attached hydrogen (secondary N) is 1. The van der Waals surface area contributed by atoms with Crippen molar-refractivity contribution < 1.29 is 4.79 Å². The first-order chi connectivity index (χ1) is 7.63. The van der Waals surface area contributed by atoms with Gasteiger partial charge in [-0.05, 0) is 24.7 Å². The monoisotopic (exact) mass is 221 g/mol. The summed E-state index contributed by atoms with van der Waals surface area (Å²) in [5.74, 6) is 1.33. The molecule has 0 aromatic carbocycles. The van der Waals surface area contributed by atoms with E-state index in [0.717, 1.165) is 25.1 Å². The van der Waals surface area contributed by atoms with Crippen LogP contribution in [0.15, 0.2) is 6.33 Å². The van der Waals surface area contributed by atoms with Crippen LogP contribution in [0.1, 0.15) is 36.5 Å². The van der Waals surface area contributed by atoms with Gasteiger partial charge in [-0.25, -0.2) is 4.98 Å². The molecule has 2 heterocycles. The van der Waals surface area contributed by atoms with E-state index in [1.807, 2.05) is 0 Å². The predicted molar refractivity (Wildman–Crippen MR) is 62.3 cm³/mol. The van der Waals surface area contributed by atoms with E-state index in [1.54, 1.807) is 13.4 Å². The van der Waals surface area contributed by atoms with Crippen LogP contribution in [-0.2, 0) is 13.0 Å². The molecule has 4 heteroatoms. The fraction of sp³-hybridized carbons (Fsp3) is 0.667. The molecule has 1 aromatic rings. The van der Waals surface area contributed by atoms with E-state index in [1.165, 1.54) is 0 Å². The largest absolute Gasteiger partial charge is 0.354 e. The van der Waals surface area contributed by atoms with Gasteiger partial charge in [-0.3, -0.25) is 4.79 Å². The van der Waals surface area contributed by atoms with E-state index in [9.17, 15) is 4.79 Å². The molecular formula is C12H19N3O. The number of aromatic nitrogens is 2. The second-order valence-corrected chi connectivity index (χ2v) is 4.81. The third-order valence-electron chi connectivity index (χ3n) is 3.51. The highest BCUT2D eigenvalue weighted by molar-refractivity contribution is 5.93. The van der Waals surface area contributed by atoms with E-state index < -0.39 is 0 Å².